The minimum atomic E-state index is -0.0371. The third-order valence-electron chi connectivity index (χ3n) is 2.77. The van der Waals surface area contributed by atoms with E-state index in [1.165, 1.54) is 0 Å². The van der Waals surface area contributed by atoms with Crippen LogP contribution < -0.4 is 5.32 Å². The van der Waals surface area contributed by atoms with Gasteiger partial charge in [-0.2, -0.15) is 0 Å². The highest BCUT2D eigenvalue weighted by Gasteiger charge is 2.20. The Balaban J connectivity index is 2.37. The van der Waals surface area contributed by atoms with Crippen molar-refractivity contribution in [3.63, 3.8) is 0 Å². The molecule has 1 unspecified atom stereocenters. The summed E-state index contributed by atoms with van der Waals surface area (Å²) in [5.41, 5.74) is 1.93. The van der Waals surface area contributed by atoms with E-state index in [9.17, 15) is 0 Å². The van der Waals surface area contributed by atoms with Crippen molar-refractivity contribution in [2.45, 2.75) is 19.4 Å². The van der Waals surface area contributed by atoms with Gasteiger partial charge in [-0.05, 0) is 42.3 Å². The van der Waals surface area contributed by atoms with Crippen molar-refractivity contribution in [2.24, 2.45) is 0 Å². The summed E-state index contributed by atoms with van der Waals surface area (Å²) in [6.07, 6.45) is 2.63. The SMILES string of the molecule is CCCNC(c1ccccc1Cl)c1ccoc1Cl. The zero-order chi connectivity index (χ0) is 13.0. The number of hydrogen-bond acceptors (Lipinski definition) is 2. The van der Waals surface area contributed by atoms with Crippen LogP contribution in [-0.2, 0) is 0 Å². The highest BCUT2D eigenvalue weighted by atomic mass is 35.5. The molecule has 0 aliphatic carbocycles. The fraction of sp³-hybridized carbons (Fsp3) is 0.286. The van der Waals surface area contributed by atoms with Gasteiger partial charge in [-0.25, -0.2) is 0 Å². The van der Waals surface area contributed by atoms with Crippen molar-refractivity contribution in [1.29, 1.82) is 0 Å². The van der Waals surface area contributed by atoms with Crippen LogP contribution in [0.3, 0.4) is 0 Å². The van der Waals surface area contributed by atoms with Crippen LogP contribution in [-0.4, -0.2) is 6.54 Å². The second-order valence-electron chi connectivity index (χ2n) is 4.06. The van der Waals surface area contributed by atoms with Crippen LogP contribution in [0.25, 0.3) is 0 Å². The minimum Gasteiger partial charge on any atom is -0.453 e. The molecular formula is C14H15Cl2NO. The van der Waals surface area contributed by atoms with Crippen molar-refractivity contribution < 1.29 is 4.42 Å². The van der Waals surface area contributed by atoms with E-state index in [2.05, 4.69) is 12.2 Å². The Morgan fingerprint density at radius 2 is 1.94 bits per heavy atom. The van der Waals surface area contributed by atoms with Crippen molar-refractivity contribution in [3.05, 3.63) is 58.0 Å². The topological polar surface area (TPSA) is 25.2 Å². The molecule has 0 amide bonds. The number of benzene rings is 1. The van der Waals surface area contributed by atoms with Gasteiger partial charge in [0.1, 0.15) is 0 Å². The Morgan fingerprint density at radius 3 is 2.56 bits per heavy atom. The predicted octanol–water partition coefficient (Wildman–Crippen LogP) is 4.68. The first-order valence-corrected chi connectivity index (χ1v) is 6.70. The van der Waals surface area contributed by atoms with E-state index >= 15 is 0 Å². The maximum absolute atomic E-state index is 6.25. The average molecular weight is 284 g/mol. The molecule has 2 nitrogen and oxygen atoms in total. The number of rotatable bonds is 5. The van der Waals surface area contributed by atoms with Gasteiger partial charge in [0.2, 0.25) is 0 Å². The van der Waals surface area contributed by atoms with Gasteiger partial charge in [-0.1, -0.05) is 36.7 Å². The molecule has 96 valence electrons. The molecule has 1 aromatic heterocycles. The summed E-state index contributed by atoms with van der Waals surface area (Å²) in [5.74, 6) is 0. The highest BCUT2D eigenvalue weighted by molar-refractivity contribution is 6.31. The van der Waals surface area contributed by atoms with E-state index < -0.39 is 0 Å². The molecule has 0 radical (unpaired) electrons. The summed E-state index contributed by atoms with van der Waals surface area (Å²) in [5, 5.41) is 4.57. The first-order chi connectivity index (χ1) is 8.74. The summed E-state index contributed by atoms with van der Waals surface area (Å²) in [6.45, 7) is 3.00. The van der Waals surface area contributed by atoms with Crippen molar-refractivity contribution >= 4 is 23.2 Å². The Kier molecular flexibility index (Phi) is 4.70. The monoisotopic (exact) mass is 283 g/mol. The molecule has 1 N–H and O–H groups in total. The van der Waals surface area contributed by atoms with E-state index in [0.717, 1.165) is 29.1 Å². The highest BCUT2D eigenvalue weighted by Crippen LogP contribution is 2.32. The third kappa shape index (κ3) is 2.89. The van der Waals surface area contributed by atoms with Crippen LogP contribution in [0.15, 0.2) is 41.0 Å². The van der Waals surface area contributed by atoms with Gasteiger partial charge in [0.15, 0.2) is 5.22 Å². The quantitative estimate of drug-likeness (QED) is 0.862. The summed E-state index contributed by atoms with van der Waals surface area (Å²) in [4.78, 5) is 0. The van der Waals surface area contributed by atoms with Crippen LogP contribution >= 0.6 is 23.2 Å². The van der Waals surface area contributed by atoms with Crippen molar-refractivity contribution in [3.8, 4) is 0 Å². The van der Waals surface area contributed by atoms with Crippen LogP contribution in [0, 0.1) is 0 Å². The summed E-state index contributed by atoms with van der Waals surface area (Å²) >= 11 is 12.3. The zero-order valence-electron chi connectivity index (χ0n) is 10.1. The molecule has 2 aromatic rings. The van der Waals surface area contributed by atoms with Gasteiger partial charge in [-0.15, -0.1) is 0 Å². The van der Waals surface area contributed by atoms with Gasteiger partial charge in [-0.3, -0.25) is 0 Å². The van der Waals surface area contributed by atoms with Crippen LogP contribution in [0.4, 0.5) is 0 Å². The third-order valence-corrected chi connectivity index (χ3v) is 3.42. The van der Waals surface area contributed by atoms with Crippen LogP contribution in [0.1, 0.15) is 30.5 Å². The maximum Gasteiger partial charge on any atom is 0.198 e. The number of nitrogens with one attached hydrogen (secondary N) is 1. The number of furan rings is 1. The molecular weight excluding hydrogens is 269 g/mol. The van der Waals surface area contributed by atoms with E-state index in [1.807, 2.05) is 30.3 Å². The second kappa shape index (κ2) is 6.28. The molecule has 1 heterocycles. The van der Waals surface area contributed by atoms with E-state index in [0.29, 0.717) is 5.22 Å². The Hall–Kier alpha value is -0.960. The van der Waals surface area contributed by atoms with E-state index in [1.54, 1.807) is 6.26 Å². The molecule has 0 saturated heterocycles. The Morgan fingerprint density at radius 1 is 1.17 bits per heavy atom. The lowest BCUT2D eigenvalue weighted by Gasteiger charge is -2.19. The van der Waals surface area contributed by atoms with Gasteiger partial charge < -0.3 is 9.73 Å². The van der Waals surface area contributed by atoms with Crippen molar-refractivity contribution in [1.82, 2.24) is 5.32 Å². The van der Waals surface area contributed by atoms with Gasteiger partial charge in [0.25, 0.3) is 0 Å². The fourth-order valence-electron chi connectivity index (χ4n) is 1.90. The Labute approximate surface area is 117 Å². The number of halogens is 2. The first kappa shape index (κ1) is 13.5. The molecule has 18 heavy (non-hydrogen) atoms. The molecule has 4 heteroatoms. The van der Waals surface area contributed by atoms with E-state index in [4.69, 9.17) is 27.6 Å². The normalized spacial score (nSPS) is 12.6. The standard InChI is InChI=1S/C14H15Cl2NO/c1-2-8-17-13(11-7-9-18-14(11)16)10-5-3-4-6-12(10)15/h3-7,9,13,17H,2,8H2,1H3. The molecule has 0 aliphatic rings. The molecule has 0 fully saturated rings. The second-order valence-corrected chi connectivity index (χ2v) is 4.81. The summed E-state index contributed by atoms with van der Waals surface area (Å²) in [6, 6.07) is 9.60. The molecule has 0 spiro atoms. The zero-order valence-corrected chi connectivity index (χ0v) is 11.6. The van der Waals surface area contributed by atoms with Crippen LogP contribution in [0.5, 0.6) is 0 Å². The van der Waals surface area contributed by atoms with E-state index in [-0.39, 0.29) is 6.04 Å². The maximum atomic E-state index is 6.25. The lowest BCUT2D eigenvalue weighted by molar-refractivity contribution is 0.550. The molecule has 0 saturated carbocycles. The molecule has 0 aliphatic heterocycles. The summed E-state index contributed by atoms with van der Waals surface area (Å²) in [7, 11) is 0. The summed E-state index contributed by atoms with van der Waals surface area (Å²) < 4.78 is 5.17. The van der Waals surface area contributed by atoms with Gasteiger partial charge in [0, 0.05) is 10.6 Å². The molecule has 1 atom stereocenters. The first-order valence-electron chi connectivity index (χ1n) is 5.94. The average Bonchev–Trinajstić information content (AvgIpc) is 2.78. The smallest absolute Gasteiger partial charge is 0.198 e. The lowest BCUT2D eigenvalue weighted by Crippen LogP contribution is -2.23. The molecule has 1 aromatic carbocycles. The number of hydrogen-bond donors (Lipinski definition) is 1. The minimum absolute atomic E-state index is 0.0371. The predicted molar refractivity (Wildman–Crippen MR) is 75.3 cm³/mol. The fourth-order valence-corrected chi connectivity index (χ4v) is 2.36. The Bertz CT molecular complexity index is 510. The van der Waals surface area contributed by atoms with Crippen molar-refractivity contribution in [2.75, 3.05) is 6.54 Å². The largest absolute Gasteiger partial charge is 0.453 e. The van der Waals surface area contributed by atoms with Crippen LogP contribution in [0.2, 0.25) is 10.2 Å². The molecule has 2 rings (SSSR count). The van der Waals surface area contributed by atoms with Gasteiger partial charge in [0.05, 0.1) is 12.3 Å². The van der Waals surface area contributed by atoms with Gasteiger partial charge >= 0.3 is 0 Å². The lowest BCUT2D eigenvalue weighted by atomic mass is 10.0. The molecule has 0 bridgehead atoms.